The summed E-state index contributed by atoms with van der Waals surface area (Å²) >= 11 is 0. The summed E-state index contributed by atoms with van der Waals surface area (Å²) in [4.78, 5) is 3.83. The van der Waals surface area contributed by atoms with Crippen LogP contribution in [0.25, 0.3) is 0 Å². The molecule has 0 aliphatic carbocycles. The smallest absolute Gasteiger partial charge is 0.203 e. The van der Waals surface area contributed by atoms with Crippen LogP contribution >= 0.6 is 0 Å². The molecule has 0 radical (unpaired) electrons. The number of hydrogen-bond donors (Lipinski definition) is 2. The quantitative estimate of drug-likeness (QED) is 0.474. The molecule has 1 unspecified atom stereocenters. The molecule has 2 aromatic carbocycles. The minimum atomic E-state index is -0.583. The van der Waals surface area contributed by atoms with Crippen LogP contribution in [0.15, 0.2) is 30.3 Å². The van der Waals surface area contributed by atoms with Crippen LogP contribution in [-0.4, -0.2) is 76.8 Å². The highest BCUT2D eigenvalue weighted by Crippen LogP contribution is 2.40. The maximum atomic E-state index is 10.5. The van der Waals surface area contributed by atoms with E-state index >= 15 is 0 Å². The number of ether oxygens (including phenoxy) is 4. The number of rotatable bonds is 9. The molecular weight excluding hydrogens is 432 g/mol. The Morgan fingerprint density at radius 2 is 1.53 bits per heavy atom. The lowest BCUT2D eigenvalue weighted by Gasteiger charge is -2.34. The minimum absolute atomic E-state index is 0. The molecule has 1 aliphatic heterocycles. The average molecular weight is 467 g/mol. The van der Waals surface area contributed by atoms with E-state index in [4.69, 9.17) is 18.9 Å². The third kappa shape index (κ3) is 6.19. The Kier molecular flexibility index (Phi) is 9.90. The molecule has 8 heteroatoms. The van der Waals surface area contributed by atoms with Crippen molar-refractivity contribution >= 4 is 5.69 Å². The monoisotopic (exact) mass is 466 g/mol. The van der Waals surface area contributed by atoms with Gasteiger partial charge in [0.15, 0.2) is 11.5 Å². The van der Waals surface area contributed by atoms with Crippen LogP contribution < -0.4 is 36.3 Å². The zero-order valence-electron chi connectivity index (χ0n) is 19.6. The molecule has 7 nitrogen and oxygen atoms in total. The standard InChI is InChI=1S/C24H34N2O5.ClH/c1-17-7-6-8-18(2)23(17)26-11-9-25(10-12-26)15-19(27)16-31-20-13-21(28-3)24(30-5)22(14-20)29-4;/h6-8,13-14,19,27H,9-12,15-16H2,1-5H3;1H. The van der Waals surface area contributed by atoms with Gasteiger partial charge in [-0.05, 0) is 13.8 Å². The lowest BCUT2D eigenvalue weighted by Crippen LogP contribution is -3.10. The largest absolute Gasteiger partial charge is 1.00 e. The van der Waals surface area contributed by atoms with Gasteiger partial charge in [0.05, 0.1) is 34.4 Å². The molecule has 1 aliphatic rings. The number of methoxy groups -OCH3 is 3. The van der Waals surface area contributed by atoms with Crippen LogP contribution in [0.5, 0.6) is 23.0 Å². The molecule has 1 atom stereocenters. The van der Waals surface area contributed by atoms with Crippen LogP contribution in [0, 0.1) is 13.8 Å². The maximum absolute atomic E-state index is 10.5. The van der Waals surface area contributed by atoms with Gasteiger partial charge in [-0.1, -0.05) is 18.2 Å². The molecule has 0 amide bonds. The minimum Gasteiger partial charge on any atom is -1.00 e. The van der Waals surface area contributed by atoms with Crippen molar-refractivity contribution < 1.29 is 41.4 Å². The van der Waals surface area contributed by atoms with Crippen molar-refractivity contribution in [3.63, 3.8) is 0 Å². The van der Waals surface area contributed by atoms with Crippen LogP contribution in [0.1, 0.15) is 11.1 Å². The zero-order valence-corrected chi connectivity index (χ0v) is 20.4. The first kappa shape index (κ1) is 26.1. The summed E-state index contributed by atoms with van der Waals surface area (Å²) in [5.74, 6) is 2.13. The number of aliphatic hydroxyl groups is 1. The molecule has 2 N–H and O–H groups in total. The van der Waals surface area contributed by atoms with Crippen molar-refractivity contribution in [2.75, 3.05) is 60.7 Å². The normalized spacial score (nSPS) is 15.6. The lowest BCUT2D eigenvalue weighted by atomic mass is 10.1. The third-order valence-corrected chi connectivity index (χ3v) is 5.84. The number of para-hydroxylation sites is 1. The zero-order chi connectivity index (χ0) is 22.4. The first-order valence-corrected chi connectivity index (χ1v) is 10.7. The van der Waals surface area contributed by atoms with Gasteiger partial charge >= 0.3 is 0 Å². The van der Waals surface area contributed by atoms with E-state index in [0.717, 1.165) is 26.2 Å². The van der Waals surface area contributed by atoms with Crippen molar-refractivity contribution in [3.05, 3.63) is 41.5 Å². The first-order chi connectivity index (χ1) is 15.0. The molecule has 178 valence electrons. The Hall–Kier alpha value is -2.19. The van der Waals surface area contributed by atoms with Crippen molar-refractivity contribution in [2.45, 2.75) is 20.0 Å². The van der Waals surface area contributed by atoms with Gasteiger partial charge in [0.2, 0.25) is 5.75 Å². The number of piperazine rings is 1. The second kappa shape index (κ2) is 12.2. The first-order valence-electron chi connectivity index (χ1n) is 10.7. The number of benzene rings is 2. The Morgan fingerprint density at radius 3 is 2.03 bits per heavy atom. The van der Waals surface area contributed by atoms with E-state index in [0.29, 0.717) is 29.5 Å². The van der Waals surface area contributed by atoms with Crippen LogP contribution in [0.3, 0.4) is 0 Å². The van der Waals surface area contributed by atoms with E-state index in [2.05, 4.69) is 36.9 Å². The van der Waals surface area contributed by atoms with Crippen LogP contribution in [-0.2, 0) is 0 Å². The summed E-state index contributed by atoms with van der Waals surface area (Å²) < 4.78 is 21.9. The summed E-state index contributed by atoms with van der Waals surface area (Å²) in [6.07, 6.45) is -0.583. The molecule has 0 saturated carbocycles. The molecule has 1 saturated heterocycles. The maximum Gasteiger partial charge on any atom is 0.203 e. The summed E-state index contributed by atoms with van der Waals surface area (Å²) in [5, 5.41) is 10.5. The summed E-state index contributed by atoms with van der Waals surface area (Å²) in [7, 11) is 4.69. The molecule has 1 heterocycles. The SMILES string of the molecule is COc1cc(OCC(O)CN2CC[NH+](c3c(C)cccc3C)CC2)cc(OC)c1OC.[Cl-]. The molecule has 0 spiro atoms. The molecule has 3 rings (SSSR count). The van der Waals surface area contributed by atoms with E-state index in [-0.39, 0.29) is 19.0 Å². The van der Waals surface area contributed by atoms with Crippen molar-refractivity contribution in [2.24, 2.45) is 0 Å². The molecular formula is C24H35ClN2O5. The van der Waals surface area contributed by atoms with E-state index in [9.17, 15) is 5.11 Å². The van der Waals surface area contributed by atoms with Gasteiger partial charge in [0.1, 0.15) is 24.1 Å². The number of hydrogen-bond acceptors (Lipinski definition) is 6. The number of β-amino-alcohol motifs (C(OH)–C–C–N with tert-alkyl or cyclic N) is 1. The number of aliphatic hydroxyl groups excluding tert-OH is 1. The Balaban J connectivity index is 0.00000363. The number of aryl methyl sites for hydroxylation is 2. The van der Waals surface area contributed by atoms with Crippen LogP contribution in [0.4, 0.5) is 5.69 Å². The fourth-order valence-electron chi connectivity index (χ4n) is 4.31. The number of nitrogens with zero attached hydrogens (tertiary/aromatic N) is 1. The molecule has 2 aromatic rings. The highest BCUT2D eigenvalue weighted by molar-refractivity contribution is 5.55. The Bertz CT molecular complexity index is 826. The van der Waals surface area contributed by atoms with Crippen molar-refractivity contribution in [3.8, 4) is 23.0 Å². The molecule has 0 aromatic heterocycles. The molecule has 0 bridgehead atoms. The number of nitrogens with one attached hydrogen (secondary N) is 1. The topological polar surface area (TPSA) is 64.8 Å². The highest BCUT2D eigenvalue weighted by Gasteiger charge is 2.25. The van der Waals surface area contributed by atoms with E-state index in [1.807, 2.05) is 0 Å². The van der Waals surface area contributed by atoms with Crippen molar-refractivity contribution in [1.29, 1.82) is 0 Å². The van der Waals surface area contributed by atoms with Gasteiger partial charge in [0, 0.05) is 42.9 Å². The second-order valence-electron chi connectivity index (χ2n) is 8.00. The fraction of sp³-hybridized carbons (Fsp3) is 0.500. The van der Waals surface area contributed by atoms with Gasteiger partial charge in [-0.25, -0.2) is 0 Å². The Morgan fingerprint density at radius 1 is 0.969 bits per heavy atom. The molecule has 1 fully saturated rings. The van der Waals surface area contributed by atoms with Crippen LogP contribution in [0.2, 0.25) is 0 Å². The third-order valence-electron chi connectivity index (χ3n) is 5.84. The van der Waals surface area contributed by atoms with Gasteiger partial charge in [-0.2, -0.15) is 0 Å². The van der Waals surface area contributed by atoms with E-state index < -0.39 is 6.10 Å². The van der Waals surface area contributed by atoms with Gasteiger partial charge < -0.3 is 36.5 Å². The summed E-state index contributed by atoms with van der Waals surface area (Å²) in [6, 6.07) is 9.97. The molecule has 32 heavy (non-hydrogen) atoms. The van der Waals surface area contributed by atoms with Gasteiger partial charge in [-0.15, -0.1) is 0 Å². The van der Waals surface area contributed by atoms with E-state index in [1.165, 1.54) is 21.7 Å². The average Bonchev–Trinajstić information content (AvgIpc) is 2.77. The summed E-state index contributed by atoms with van der Waals surface area (Å²) in [5.41, 5.74) is 4.12. The number of halogens is 1. The lowest BCUT2D eigenvalue weighted by molar-refractivity contribution is -0.838. The fourth-order valence-corrected chi connectivity index (χ4v) is 4.31. The van der Waals surface area contributed by atoms with Crippen molar-refractivity contribution in [1.82, 2.24) is 4.90 Å². The highest BCUT2D eigenvalue weighted by atomic mass is 35.5. The van der Waals surface area contributed by atoms with E-state index in [1.54, 1.807) is 33.5 Å². The number of quaternary nitrogens is 1. The Labute approximate surface area is 197 Å². The van der Waals surface area contributed by atoms with Gasteiger partial charge in [-0.3, -0.25) is 9.80 Å². The predicted octanol–water partition coefficient (Wildman–Crippen LogP) is -1.39. The summed E-state index contributed by atoms with van der Waals surface area (Å²) in [6.45, 7) is 9.12. The predicted molar refractivity (Wildman–Crippen MR) is 120 cm³/mol. The van der Waals surface area contributed by atoms with Gasteiger partial charge in [0.25, 0.3) is 0 Å². The second-order valence-corrected chi connectivity index (χ2v) is 8.00.